The molecule has 0 aliphatic heterocycles. The van der Waals surface area contributed by atoms with Gasteiger partial charge in [0.1, 0.15) is 6.33 Å². The predicted molar refractivity (Wildman–Crippen MR) is 159 cm³/mol. The third kappa shape index (κ3) is 4.70. The van der Waals surface area contributed by atoms with Gasteiger partial charge in [0.05, 0.1) is 0 Å². The number of rotatable bonds is 5. The Labute approximate surface area is 226 Å². The first-order chi connectivity index (χ1) is 18.2. The lowest BCUT2D eigenvalue weighted by atomic mass is 9.95. The van der Waals surface area contributed by atoms with E-state index in [0.717, 1.165) is 33.8 Å². The van der Waals surface area contributed by atoms with Gasteiger partial charge >= 0.3 is 0 Å². The van der Waals surface area contributed by atoms with E-state index in [-0.39, 0.29) is 0 Å². The third-order valence-electron chi connectivity index (χ3n) is 7.32. The molecule has 0 N–H and O–H groups in total. The van der Waals surface area contributed by atoms with Crippen LogP contribution in [0.4, 0.5) is 11.4 Å². The van der Waals surface area contributed by atoms with Crippen molar-refractivity contribution < 1.29 is 0 Å². The summed E-state index contributed by atoms with van der Waals surface area (Å²) >= 11 is 0. The summed E-state index contributed by atoms with van der Waals surface area (Å²) in [6.45, 7) is 12.8. The van der Waals surface area contributed by atoms with E-state index in [9.17, 15) is 0 Å². The number of nitrogens with zero attached hydrogens (tertiary/aromatic N) is 4. The molecule has 4 aromatic carbocycles. The van der Waals surface area contributed by atoms with Gasteiger partial charge < -0.3 is 4.90 Å². The summed E-state index contributed by atoms with van der Waals surface area (Å²) in [4.78, 5) is 16.5. The van der Waals surface area contributed by atoms with E-state index in [4.69, 9.17) is 4.98 Å². The minimum Gasteiger partial charge on any atom is -0.344 e. The van der Waals surface area contributed by atoms with Crippen LogP contribution < -0.4 is 4.90 Å². The van der Waals surface area contributed by atoms with Crippen molar-refractivity contribution in [3.63, 3.8) is 0 Å². The average Bonchev–Trinajstić information content (AvgIpc) is 2.88. The zero-order valence-corrected chi connectivity index (χ0v) is 23.3. The molecule has 0 spiro atoms. The normalized spacial score (nSPS) is 11.0. The molecule has 5 rings (SSSR count). The molecule has 1 heterocycles. The van der Waals surface area contributed by atoms with Gasteiger partial charge in [-0.15, -0.1) is 0 Å². The van der Waals surface area contributed by atoms with Crippen molar-refractivity contribution in [3.05, 3.63) is 113 Å². The molecule has 0 saturated carbocycles. The third-order valence-corrected chi connectivity index (χ3v) is 7.32. The van der Waals surface area contributed by atoms with Crippen LogP contribution in [-0.2, 0) is 0 Å². The lowest BCUT2D eigenvalue weighted by molar-refractivity contribution is 1.05. The maximum absolute atomic E-state index is 4.99. The van der Waals surface area contributed by atoms with E-state index >= 15 is 0 Å². The van der Waals surface area contributed by atoms with Crippen LogP contribution in [0.5, 0.6) is 0 Å². The van der Waals surface area contributed by atoms with Gasteiger partial charge in [0.15, 0.2) is 11.6 Å². The Bertz CT molecular complexity index is 1600. The van der Waals surface area contributed by atoms with E-state index in [1.165, 1.54) is 39.1 Å². The van der Waals surface area contributed by atoms with Crippen LogP contribution in [-0.4, -0.2) is 22.0 Å². The Morgan fingerprint density at radius 3 is 1.76 bits per heavy atom. The van der Waals surface area contributed by atoms with E-state index in [1.807, 2.05) is 6.07 Å². The molecule has 0 aliphatic rings. The largest absolute Gasteiger partial charge is 0.344 e. The Hall–Kier alpha value is -4.31. The van der Waals surface area contributed by atoms with Crippen LogP contribution in [0.15, 0.2) is 79.1 Å². The smallest absolute Gasteiger partial charge is 0.163 e. The maximum atomic E-state index is 4.99. The zero-order valence-electron chi connectivity index (χ0n) is 23.3. The molecule has 0 fully saturated rings. The Balaban J connectivity index is 1.56. The van der Waals surface area contributed by atoms with Crippen molar-refractivity contribution in [3.8, 4) is 33.9 Å². The molecule has 1 aromatic heterocycles. The summed E-state index contributed by atoms with van der Waals surface area (Å²) in [5.41, 5.74) is 14.0. The number of benzene rings is 4. The number of aromatic nitrogens is 3. The number of hydrogen-bond donors (Lipinski definition) is 0. The Kier molecular flexibility index (Phi) is 6.81. The highest BCUT2D eigenvalue weighted by atomic mass is 15.1. The fourth-order valence-corrected chi connectivity index (χ4v) is 5.74. The van der Waals surface area contributed by atoms with Crippen molar-refractivity contribution in [1.29, 1.82) is 0 Å². The zero-order chi connectivity index (χ0) is 27.0. The summed E-state index contributed by atoms with van der Waals surface area (Å²) in [5.74, 6) is 1.43. The fourth-order valence-electron chi connectivity index (χ4n) is 5.74. The van der Waals surface area contributed by atoms with Crippen molar-refractivity contribution in [1.82, 2.24) is 15.0 Å². The lowest BCUT2D eigenvalue weighted by Gasteiger charge is -2.26. The standard InChI is InChI=1S/C34H34N4/c1-21-17-22(2)30(23(3)18-21)33-35-20-36-34(37-33)31-24(4)19-25(5)32(26(31)6)38(7)29-15-13-28(14-16-29)27-11-9-8-10-12-27/h8-20H,1-7H3. The molecule has 0 unspecified atom stereocenters. The van der Waals surface area contributed by atoms with Gasteiger partial charge in [0, 0.05) is 29.5 Å². The summed E-state index contributed by atoms with van der Waals surface area (Å²) in [7, 11) is 2.13. The van der Waals surface area contributed by atoms with E-state index < -0.39 is 0 Å². The second kappa shape index (κ2) is 10.2. The van der Waals surface area contributed by atoms with Crippen molar-refractivity contribution in [2.45, 2.75) is 41.5 Å². The summed E-state index contributed by atoms with van der Waals surface area (Å²) in [5, 5.41) is 0. The first kappa shape index (κ1) is 25.3. The number of anilines is 2. The summed E-state index contributed by atoms with van der Waals surface area (Å²) < 4.78 is 0. The highest BCUT2D eigenvalue weighted by Crippen LogP contribution is 2.38. The summed E-state index contributed by atoms with van der Waals surface area (Å²) in [6.07, 6.45) is 1.64. The second-order valence-corrected chi connectivity index (χ2v) is 10.2. The fraction of sp³-hybridized carbons (Fsp3) is 0.206. The molecule has 4 heteroatoms. The Morgan fingerprint density at radius 2 is 1.13 bits per heavy atom. The lowest BCUT2D eigenvalue weighted by Crippen LogP contribution is -2.14. The van der Waals surface area contributed by atoms with Gasteiger partial charge in [-0.25, -0.2) is 15.0 Å². The molecular formula is C34H34N4. The van der Waals surface area contributed by atoms with Crippen molar-refractivity contribution in [2.75, 3.05) is 11.9 Å². The van der Waals surface area contributed by atoms with Gasteiger partial charge in [-0.2, -0.15) is 0 Å². The molecule has 5 aromatic rings. The van der Waals surface area contributed by atoms with Crippen molar-refractivity contribution >= 4 is 11.4 Å². The first-order valence-corrected chi connectivity index (χ1v) is 13.0. The topological polar surface area (TPSA) is 41.9 Å². The second-order valence-electron chi connectivity index (χ2n) is 10.2. The highest BCUT2D eigenvalue weighted by molar-refractivity contribution is 5.80. The molecule has 0 bridgehead atoms. The predicted octanol–water partition coefficient (Wildman–Crippen LogP) is 8.49. The quantitative estimate of drug-likeness (QED) is 0.244. The molecule has 190 valence electrons. The number of hydrogen-bond acceptors (Lipinski definition) is 4. The van der Waals surface area contributed by atoms with Crippen LogP contribution >= 0.6 is 0 Å². The van der Waals surface area contributed by atoms with Crippen LogP contribution in [0, 0.1) is 41.5 Å². The molecule has 0 amide bonds. The van der Waals surface area contributed by atoms with Gasteiger partial charge in [-0.1, -0.05) is 66.2 Å². The van der Waals surface area contributed by atoms with Crippen LogP contribution in [0.2, 0.25) is 0 Å². The van der Waals surface area contributed by atoms with E-state index in [0.29, 0.717) is 5.82 Å². The molecule has 0 saturated heterocycles. The molecule has 38 heavy (non-hydrogen) atoms. The average molecular weight is 499 g/mol. The number of aryl methyl sites for hydroxylation is 5. The van der Waals surface area contributed by atoms with Gasteiger partial charge in [0.25, 0.3) is 0 Å². The molecule has 0 aliphatic carbocycles. The van der Waals surface area contributed by atoms with Crippen LogP contribution in [0.25, 0.3) is 33.9 Å². The van der Waals surface area contributed by atoms with E-state index in [1.54, 1.807) is 6.33 Å². The molecule has 0 radical (unpaired) electrons. The monoisotopic (exact) mass is 498 g/mol. The molecular weight excluding hydrogens is 464 g/mol. The Morgan fingerprint density at radius 1 is 0.579 bits per heavy atom. The van der Waals surface area contributed by atoms with Crippen molar-refractivity contribution in [2.24, 2.45) is 0 Å². The molecule has 4 nitrogen and oxygen atoms in total. The van der Waals surface area contributed by atoms with Gasteiger partial charge in [0.2, 0.25) is 0 Å². The maximum Gasteiger partial charge on any atom is 0.163 e. The SMILES string of the molecule is Cc1cc(C)c(-c2ncnc(-c3c(C)cc(C)c(N(C)c4ccc(-c5ccccc5)cc4)c3C)n2)c(C)c1. The highest BCUT2D eigenvalue weighted by Gasteiger charge is 2.20. The van der Waals surface area contributed by atoms with E-state index in [2.05, 4.69) is 130 Å². The molecule has 0 atom stereocenters. The first-order valence-electron chi connectivity index (χ1n) is 13.0. The van der Waals surface area contributed by atoms with Gasteiger partial charge in [-0.3, -0.25) is 0 Å². The minimum atomic E-state index is 0.707. The van der Waals surface area contributed by atoms with Crippen LogP contribution in [0.1, 0.15) is 33.4 Å². The minimum absolute atomic E-state index is 0.707. The van der Waals surface area contributed by atoms with Gasteiger partial charge in [-0.05, 0) is 92.6 Å². The van der Waals surface area contributed by atoms with Crippen LogP contribution in [0.3, 0.4) is 0 Å². The summed E-state index contributed by atoms with van der Waals surface area (Å²) in [6, 6.07) is 25.8.